The molecule has 0 radical (unpaired) electrons. The standard InChI is InChI=1S/C17H17N3O4S2/c1-26(23,24)20-17-19-13-8-7-12(9-15(13)25-17)16(22)18-10-14(21)11-5-3-2-4-6-11/h2-9,14,21H,10H2,1H3,(H,18,22)(H,19,20)/t14-/m1/s1. The van der Waals surface area contributed by atoms with Crippen LogP contribution >= 0.6 is 11.3 Å². The van der Waals surface area contributed by atoms with Crippen LogP contribution in [0.4, 0.5) is 5.13 Å². The second-order valence-corrected chi connectivity index (χ2v) is 8.49. The molecule has 0 unspecified atom stereocenters. The number of carbonyl (C=O) groups excluding carboxylic acids is 1. The first-order valence-corrected chi connectivity index (χ1v) is 10.4. The SMILES string of the molecule is CS(=O)(=O)Nc1nc2ccc(C(=O)NC[C@@H](O)c3ccccc3)cc2s1. The zero-order chi connectivity index (χ0) is 18.7. The fraction of sp³-hybridized carbons (Fsp3) is 0.176. The van der Waals surface area contributed by atoms with Gasteiger partial charge in [0.1, 0.15) is 0 Å². The molecule has 0 saturated heterocycles. The van der Waals surface area contributed by atoms with E-state index in [9.17, 15) is 18.3 Å². The third-order valence-electron chi connectivity index (χ3n) is 3.56. The summed E-state index contributed by atoms with van der Waals surface area (Å²) >= 11 is 1.15. The van der Waals surface area contributed by atoms with Crippen molar-refractivity contribution >= 4 is 42.6 Å². The van der Waals surface area contributed by atoms with Crippen LogP contribution in [0.1, 0.15) is 22.0 Å². The van der Waals surface area contributed by atoms with Crippen LogP contribution < -0.4 is 10.0 Å². The van der Waals surface area contributed by atoms with Crippen LogP contribution in [0.15, 0.2) is 48.5 Å². The second-order valence-electron chi connectivity index (χ2n) is 5.71. The molecule has 7 nitrogen and oxygen atoms in total. The Balaban J connectivity index is 1.70. The number of fused-ring (bicyclic) bond motifs is 1. The smallest absolute Gasteiger partial charge is 0.251 e. The molecule has 1 amide bonds. The summed E-state index contributed by atoms with van der Waals surface area (Å²) in [7, 11) is -3.40. The van der Waals surface area contributed by atoms with Gasteiger partial charge in [-0.1, -0.05) is 41.7 Å². The number of thiazole rings is 1. The number of hydrogen-bond acceptors (Lipinski definition) is 6. The topological polar surface area (TPSA) is 108 Å². The Bertz CT molecular complexity index is 1030. The number of aliphatic hydroxyl groups excluding tert-OH is 1. The Labute approximate surface area is 154 Å². The van der Waals surface area contributed by atoms with E-state index in [0.29, 0.717) is 15.8 Å². The number of anilines is 1. The fourth-order valence-corrected chi connectivity index (χ4v) is 4.09. The first-order valence-electron chi connectivity index (χ1n) is 7.71. The van der Waals surface area contributed by atoms with Crippen LogP contribution in [-0.2, 0) is 10.0 Å². The second kappa shape index (κ2) is 7.40. The lowest BCUT2D eigenvalue weighted by molar-refractivity contribution is 0.0916. The zero-order valence-electron chi connectivity index (χ0n) is 13.8. The molecule has 0 saturated carbocycles. The third-order valence-corrected chi connectivity index (χ3v) is 5.19. The van der Waals surface area contributed by atoms with Gasteiger partial charge in [-0.2, -0.15) is 0 Å². The maximum Gasteiger partial charge on any atom is 0.251 e. The number of carbonyl (C=O) groups is 1. The van der Waals surface area contributed by atoms with Crippen LogP contribution in [0.5, 0.6) is 0 Å². The Morgan fingerprint density at radius 3 is 2.65 bits per heavy atom. The highest BCUT2D eigenvalue weighted by molar-refractivity contribution is 7.92. The number of nitrogens with zero attached hydrogens (tertiary/aromatic N) is 1. The number of aliphatic hydroxyl groups is 1. The van der Waals surface area contributed by atoms with Crippen molar-refractivity contribution in [3.63, 3.8) is 0 Å². The largest absolute Gasteiger partial charge is 0.387 e. The first kappa shape index (κ1) is 18.3. The third kappa shape index (κ3) is 4.57. The molecule has 136 valence electrons. The van der Waals surface area contributed by atoms with Gasteiger partial charge in [-0.05, 0) is 23.8 Å². The monoisotopic (exact) mass is 391 g/mol. The molecule has 1 aromatic heterocycles. The maximum absolute atomic E-state index is 12.3. The lowest BCUT2D eigenvalue weighted by Gasteiger charge is -2.12. The highest BCUT2D eigenvalue weighted by Crippen LogP contribution is 2.27. The number of nitrogens with one attached hydrogen (secondary N) is 2. The number of hydrogen-bond donors (Lipinski definition) is 3. The first-order chi connectivity index (χ1) is 12.3. The minimum absolute atomic E-state index is 0.0878. The van der Waals surface area contributed by atoms with Crippen LogP contribution in [0.3, 0.4) is 0 Å². The Hall–Kier alpha value is -2.49. The highest BCUT2D eigenvalue weighted by Gasteiger charge is 2.13. The van der Waals surface area contributed by atoms with Gasteiger partial charge in [-0.15, -0.1) is 0 Å². The van der Waals surface area contributed by atoms with Gasteiger partial charge in [0.15, 0.2) is 5.13 Å². The highest BCUT2D eigenvalue weighted by atomic mass is 32.2. The van der Waals surface area contributed by atoms with Gasteiger partial charge >= 0.3 is 0 Å². The van der Waals surface area contributed by atoms with Crippen LogP contribution in [0.25, 0.3) is 10.2 Å². The van der Waals surface area contributed by atoms with E-state index in [1.165, 1.54) is 0 Å². The summed E-state index contributed by atoms with van der Waals surface area (Å²) in [5.74, 6) is -0.326. The average molecular weight is 391 g/mol. The normalized spacial score (nSPS) is 12.7. The molecule has 0 aliphatic rings. The number of sulfonamides is 1. The van der Waals surface area contributed by atoms with Gasteiger partial charge in [0, 0.05) is 12.1 Å². The molecular weight excluding hydrogens is 374 g/mol. The van der Waals surface area contributed by atoms with E-state index < -0.39 is 16.1 Å². The van der Waals surface area contributed by atoms with Gasteiger partial charge in [0.2, 0.25) is 10.0 Å². The zero-order valence-corrected chi connectivity index (χ0v) is 15.5. The molecule has 9 heteroatoms. The summed E-state index contributed by atoms with van der Waals surface area (Å²) < 4.78 is 25.6. The van der Waals surface area contributed by atoms with Crippen molar-refractivity contribution in [2.24, 2.45) is 0 Å². The number of amides is 1. The van der Waals surface area contributed by atoms with E-state index in [2.05, 4.69) is 15.0 Å². The van der Waals surface area contributed by atoms with Gasteiger partial charge in [0.05, 0.1) is 22.6 Å². The summed E-state index contributed by atoms with van der Waals surface area (Å²) in [6.07, 6.45) is 0.258. The van der Waals surface area contributed by atoms with E-state index in [-0.39, 0.29) is 17.6 Å². The van der Waals surface area contributed by atoms with Crippen molar-refractivity contribution in [3.8, 4) is 0 Å². The minimum Gasteiger partial charge on any atom is -0.387 e. The molecular formula is C17H17N3O4S2. The molecule has 0 spiro atoms. The summed E-state index contributed by atoms with van der Waals surface area (Å²) in [6, 6.07) is 14.0. The van der Waals surface area contributed by atoms with Gasteiger partial charge in [-0.3, -0.25) is 9.52 Å². The fourth-order valence-electron chi connectivity index (χ4n) is 2.35. The van der Waals surface area contributed by atoms with Crippen molar-refractivity contribution < 1.29 is 18.3 Å². The van der Waals surface area contributed by atoms with Gasteiger partial charge in [-0.25, -0.2) is 13.4 Å². The van der Waals surface area contributed by atoms with E-state index in [4.69, 9.17) is 0 Å². The molecule has 0 fully saturated rings. The molecule has 1 atom stereocenters. The molecule has 2 aromatic carbocycles. The van der Waals surface area contributed by atoms with Crippen LogP contribution in [0.2, 0.25) is 0 Å². The summed E-state index contributed by atoms with van der Waals surface area (Å²) in [6.45, 7) is 0.0878. The van der Waals surface area contributed by atoms with Crippen molar-refractivity contribution in [1.29, 1.82) is 0 Å². The molecule has 3 N–H and O–H groups in total. The maximum atomic E-state index is 12.3. The minimum atomic E-state index is -3.40. The molecule has 3 aromatic rings. The predicted molar refractivity (Wildman–Crippen MR) is 102 cm³/mol. The summed E-state index contributed by atoms with van der Waals surface area (Å²) in [4.78, 5) is 16.5. The Kier molecular flexibility index (Phi) is 5.21. The van der Waals surface area contributed by atoms with Crippen molar-refractivity contribution in [2.45, 2.75) is 6.10 Å². The molecule has 0 aliphatic heterocycles. The number of aromatic nitrogens is 1. The van der Waals surface area contributed by atoms with Crippen molar-refractivity contribution in [2.75, 3.05) is 17.5 Å². The van der Waals surface area contributed by atoms with Gasteiger partial charge in [0.25, 0.3) is 5.91 Å². The van der Waals surface area contributed by atoms with Crippen LogP contribution in [0, 0.1) is 0 Å². The Morgan fingerprint density at radius 2 is 1.96 bits per heavy atom. The van der Waals surface area contributed by atoms with Crippen LogP contribution in [-0.4, -0.2) is 37.2 Å². The van der Waals surface area contributed by atoms with Gasteiger partial charge < -0.3 is 10.4 Å². The predicted octanol–water partition coefficient (Wildman–Crippen LogP) is 2.13. The summed E-state index contributed by atoms with van der Waals surface area (Å²) in [5.41, 5.74) is 1.73. The van der Waals surface area contributed by atoms with Crippen molar-refractivity contribution in [3.05, 3.63) is 59.7 Å². The molecule has 0 aliphatic carbocycles. The molecule has 0 bridgehead atoms. The van der Waals surface area contributed by atoms with E-state index in [0.717, 1.165) is 23.2 Å². The molecule has 3 rings (SSSR count). The molecule has 26 heavy (non-hydrogen) atoms. The van der Waals surface area contributed by atoms with Crippen molar-refractivity contribution in [1.82, 2.24) is 10.3 Å². The summed E-state index contributed by atoms with van der Waals surface area (Å²) in [5, 5.41) is 13.1. The average Bonchev–Trinajstić information content (AvgIpc) is 2.99. The molecule has 1 heterocycles. The lowest BCUT2D eigenvalue weighted by Crippen LogP contribution is -2.28. The Morgan fingerprint density at radius 1 is 1.23 bits per heavy atom. The number of benzene rings is 2. The van der Waals surface area contributed by atoms with E-state index in [1.54, 1.807) is 30.3 Å². The number of rotatable bonds is 6. The van der Waals surface area contributed by atoms with E-state index in [1.807, 2.05) is 18.2 Å². The lowest BCUT2D eigenvalue weighted by atomic mass is 10.1. The quantitative estimate of drug-likeness (QED) is 0.596. The van der Waals surface area contributed by atoms with E-state index >= 15 is 0 Å².